The minimum Gasteiger partial charge on any atom is -0.326 e. The van der Waals surface area contributed by atoms with Crippen molar-refractivity contribution < 1.29 is 4.79 Å². The number of hydrogen-bond donors (Lipinski definition) is 1. The van der Waals surface area contributed by atoms with E-state index in [0.29, 0.717) is 12.0 Å². The topological polar surface area (TPSA) is 52.9 Å². The maximum Gasteiger partial charge on any atom is 0.225 e. The molecule has 22 heavy (non-hydrogen) atoms. The van der Waals surface area contributed by atoms with Crippen LogP contribution in [-0.4, -0.2) is 5.91 Å². The second kappa shape index (κ2) is 4.99. The molecule has 2 aromatic rings. The fourth-order valence-electron chi connectivity index (χ4n) is 3.66. The second-order valence-corrected chi connectivity index (χ2v) is 6.10. The summed E-state index contributed by atoms with van der Waals surface area (Å²) in [6.07, 6.45) is 3.87. The van der Waals surface area contributed by atoms with E-state index in [1.165, 1.54) is 23.1 Å². The molecule has 1 aliphatic carbocycles. The molecule has 0 radical (unpaired) electrons. The summed E-state index contributed by atoms with van der Waals surface area (Å²) >= 11 is 0. The molecule has 1 atom stereocenters. The summed E-state index contributed by atoms with van der Waals surface area (Å²) in [5.74, 6) is 0.0979. The van der Waals surface area contributed by atoms with E-state index in [0.717, 1.165) is 24.1 Å². The highest BCUT2D eigenvalue weighted by atomic mass is 16.1. The Balaban J connectivity index is 1.85. The van der Waals surface area contributed by atoms with Crippen LogP contribution < -0.4 is 5.32 Å². The molecule has 4 rings (SSSR count). The normalized spacial score (nSPS) is 19.0. The zero-order valence-corrected chi connectivity index (χ0v) is 12.2. The largest absolute Gasteiger partial charge is 0.326 e. The van der Waals surface area contributed by atoms with Crippen molar-refractivity contribution >= 4 is 11.6 Å². The third-order valence-corrected chi connectivity index (χ3v) is 4.72. The van der Waals surface area contributed by atoms with Gasteiger partial charge in [-0.2, -0.15) is 5.26 Å². The Hall–Kier alpha value is -2.60. The van der Waals surface area contributed by atoms with Gasteiger partial charge in [-0.15, -0.1) is 0 Å². The van der Waals surface area contributed by atoms with Crippen LogP contribution >= 0.6 is 0 Å². The first kappa shape index (κ1) is 13.1. The van der Waals surface area contributed by atoms with E-state index in [1.807, 2.05) is 18.2 Å². The summed E-state index contributed by atoms with van der Waals surface area (Å²) in [5.41, 5.74) is 6.61. The zero-order valence-electron chi connectivity index (χ0n) is 12.2. The molecule has 0 spiro atoms. The zero-order chi connectivity index (χ0) is 15.1. The van der Waals surface area contributed by atoms with Gasteiger partial charge in [-0.25, -0.2) is 0 Å². The number of nitriles is 1. The molecule has 1 heterocycles. The summed E-state index contributed by atoms with van der Waals surface area (Å²) in [7, 11) is 0. The molecule has 0 fully saturated rings. The highest BCUT2D eigenvalue weighted by molar-refractivity contribution is 5.95. The molecule has 2 aromatic carbocycles. The highest BCUT2D eigenvalue weighted by Gasteiger charge is 2.28. The number of nitrogens with one attached hydrogen (secondary N) is 1. The van der Waals surface area contributed by atoms with Crippen molar-refractivity contribution in [3.8, 4) is 6.07 Å². The first-order chi connectivity index (χ1) is 10.7. The molecular formula is C19H16N2O. The number of benzene rings is 2. The van der Waals surface area contributed by atoms with Crippen LogP contribution in [0.4, 0.5) is 5.69 Å². The van der Waals surface area contributed by atoms with Crippen molar-refractivity contribution in [3.05, 3.63) is 64.2 Å². The number of carbonyl (C=O) groups is 1. The van der Waals surface area contributed by atoms with E-state index in [1.54, 1.807) is 6.07 Å². The lowest BCUT2D eigenvalue weighted by molar-refractivity contribution is -0.116. The van der Waals surface area contributed by atoms with Gasteiger partial charge in [0.05, 0.1) is 11.6 Å². The molecule has 1 aliphatic heterocycles. The summed E-state index contributed by atoms with van der Waals surface area (Å²) < 4.78 is 0. The maximum absolute atomic E-state index is 12.1. The van der Waals surface area contributed by atoms with E-state index >= 15 is 0 Å². The number of carbonyl (C=O) groups excluding carboxylic acids is 1. The van der Waals surface area contributed by atoms with Gasteiger partial charge in [-0.1, -0.05) is 18.2 Å². The Bertz CT molecular complexity index is 817. The minimum atomic E-state index is 0.0444. The summed E-state index contributed by atoms with van der Waals surface area (Å²) in [6, 6.07) is 14.2. The predicted molar refractivity (Wildman–Crippen MR) is 84.7 cm³/mol. The van der Waals surface area contributed by atoms with E-state index in [2.05, 4.69) is 23.5 Å². The SMILES string of the molecule is N#Cc1cccc(C2CC(=O)Nc3cc4c(cc32)CCC4)c1. The van der Waals surface area contributed by atoms with Crippen LogP contribution in [0, 0.1) is 11.3 Å². The van der Waals surface area contributed by atoms with Gasteiger partial charge in [0.15, 0.2) is 0 Å². The first-order valence-electron chi connectivity index (χ1n) is 7.70. The molecule has 0 saturated heterocycles. The Kier molecular flexibility index (Phi) is 2.97. The molecule has 0 saturated carbocycles. The van der Waals surface area contributed by atoms with Crippen LogP contribution in [0.5, 0.6) is 0 Å². The van der Waals surface area contributed by atoms with Crippen LogP contribution in [-0.2, 0) is 17.6 Å². The number of aryl methyl sites for hydroxylation is 2. The maximum atomic E-state index is 12.1. The third kappa shape index (κ3) is 2.08. The van der Waals surface area contributed by atoms with Crippen LogP contribution in [0.15, 0.2) is 36.4 Å². The smallest absolute Gasteiger partial charge is 0.225 e. The molecular weight excluding hydrogens is 272 g/mol. The number of amides is 1. The quantitative estimate of drug-likeness (QED) is 0.873. The molecule has 1 amide bonds. The van der Waals surface area contributed by atoms with Crippen LogP contribution in [0.25, 0.3) is 0 Å². The van der Waals surface area contributed by atoms with E-state index < -0.39 is 0 Å². The van der Waals surface area contributed by atoms with Crippen molar-refractivity contribution in [2.24, 2.45) is 0 Å². The van der Waals surface area contributed by atoms with Gasteiger partial charge >= 0.3 is 0 Å². The number of hydrogen-bond acceptors (Lipinski definition) is 2. The Morgan fingerprint density at radius 1 is 1.14 bits per heavy atom. The average molecular weight is 288 g/mol. The van der Waals surface area contributed by atoms with Crippen molar-refractivity contribution in [1.82, 2.24) is 0 Å². The predicted octanol–water partition coefficient (Wildman–Crippen LogP) is 3.52. The van der Waals surface area contributed by atoms with Crippen molar-refractivity contribution in [3.63, 3.8) is 0 Å². The molecule has 0 aromatic heterocycles. The Morgan fingerprint density at radius 2 is 1.95 bits per heavy atom. The van der Waals surface area contributed by atoms with Gasteiger partial charge in [0.1, 0.15) is 0 Å². The average Bonchev–Trinajstić information content (AvgIpc) is 2.99. The number of nitrogens with zero attached hydrogens (tertiary/aromatic N) is 1. The number of anilines is 1. The van der Waals surface area contributed by atoms with Crippen LogP contribution in [0.2, 0.25) is 0 Å². The van der Waals surface area contributed by atoms with E-state index in [9.17, 15) is 4.79 Å². The first-order valence-corrected chi connectivity index (χ1v) is 7.70. The fraction of sp³-hybridized carbons (Fsp3) is 0.263. The Labute approximate surface area is 129 Å². The number of fused-ring (bicyclic) bond motifs is 2. The van der Waals surface area contributed by atoms with Gasteiger partial charge in [-0.05, 0) is 59.7 Å². The molecule has 3 nitrogen and oxygen atoms in total. The highest BCUT2D eigenvalue weighted by Crippen LogP contribution is 2.40. The second-order valence-electron chi connectivity index (χ2n) is 6.10. The lowest BCUT2D eigenvalue weighted by atomic mass is 9.83. The van der Waals surface area contributed by atoms with E-state index in [4.69, 9.17) is 5.26 Å². The van der Waals surface area contributed by atoms with Gasteiger partial charge in [0, 0.05) is 18.0 Å². The minimum absolute atomic E-state index is 0.0444. The van der Waals surface area contributed by atoms with Crippen molar-refractivity contribution in [1.29, 1.82) is 5.26 Å². The lowest BCUT2D eigenvalue weighted by Crippen LogP contribution is -2.24. The summed E-state index contributed by atoms with van der Waals surface area (Å²) in [5, 5.41) is 12.1. The molecule has 1 unspecified atom stereocenters. The summed E-state index contributed by atoms with van der Waals surface area (Å²) in [4.78, 5) is 12.1. The van der Waals surface area contributed by atoms with Gasteiger partial charge in [0.2, 0.25) is 5.91 Å². The van der Waals surface area contributed by atoms with E-state index in [-0.39, 0.29) is 11.8 Å². The monoisotopic (exact) mass is 288 g/mol. The number of rotatable bonds is 1. The summed E-state index contributed by atoms with van der Waals surface area (Å²) in [6.45, 7) is 0. The van der Waals surface area contributed by atoms with Gasteiger partial charge in [-0.3, -0.25) is 4.79 Å². The molecule has 2 aliphatic rings. The standard InChI is InChI=1S/C19H16N2O/c20-11-12-3-1-6-15(7-12)16-10-19(22)21-18-9-14-5-2-4-13(14)8-17(16)18/h1,3,6-9,16H,2,4-5,10H2,(H,21,22). The lowest BCUT2D eigenvalue weighted by Gasteiger charge is -2.27. The third-order valence-electron chi connectivity index (χ3n) is 4.72. The van der Waals surface area contributed by atoms with Gasteiger partial charge < -0.3 is 5.32 Å². The van der Waals surface area contributed by atoms with Crippen LogP contribution in [0.3, 0.4) is 0 Å². The fourth-order valence-corrected chi connectivity index (χ4v) is 3.66. The molecule has 108 valence electrons. The molecule has 0 bridgehead atoms. The molecule has 1 N–H and O–H groups in total. The van der Waals surface area contributed by atoms with Crippen molar-refractivity contribution in [2.75, 3.05) is 5.32 Å². The van der Waals surface area contributed by atoms with Crippen LogP contribution in [0.1, 0.15) is 46.6 Å². The molecule has 3 heteroatoms. The van der Waals surface area contributed by atoms with Crippen molar-refractivity contribution in [2.45, 2.75) is 31.6 Å². The van der Waals surface area contributed by atoms with Gasteiger partial charge in [0.25, 0.3) is 0 Å². The Morgan fingerprint density at radius 3 is 2.77 bits per heavy atom.